The number of aryl methyl sites for hydroxylation is 1. The molecule has 1 saturated carbocycles. The van der Waals surface area contributed by atoms with Gasteiger partial charge in [0, 0.05) is 30.3 Å². The van der Waals surface area contributed by atoms with E-state index < -0.39 is 0 Å². The van der Waals surface area contributed by atoms with Crippen LogP contribution in [-0.2, 0) is 13.1 Å². The van der Waals surface area contributed by atoms with Gasteiger partial charge in [0.15, 0.2) is 0 Å². The third-order valence-corrected chi connectivity index (χ3v) is 2.87. The summed E-state index contributed by atoms with van der Waals surface area (Å²) in [6.07, 6.45) is 7.03. The van der Waals surface area contributed by atoms with Gasteiger partial charge in [-0.3, -0.25) is 4.68 Å². The molecule has 0 aliphatic heterocycles. The molecule has 78 valence electrons. The molecule has 0 radical (unpaired) electrons. The topological polar surface area (TPSA) is 43.8 Å². The molecule has 0 amide bonds. The van der Waals surface area contributed by atoms with E-state index in [-0.39, 0.29) is 0 Å². The number of hydrogen-bond donors (Lipinski definition) is 1. The van der Waals surface area contributed by atoms with E-state index in [0.29, 0.717) is 6.54 Å². The van der Waals surface area contributed by atoms with Crippen molar-refractivity contribution >= 4 is 0 Å². The van der Waals surface area contributed by atoms with Gasteiger partial charge in [-0.05, 0) is 19.3 Å². The summed E-state index contributed by atoms with van der Waals surface area (Å²) in [7, 11) is 0. The normalized spacial score (nSPS) is 16.1. The standard InChI is InChI=1S/C11H19N3/c1-2-3-6-14-11(9-4-5-9)10(7-12)8-13-14/h8-9H,2-7,12H2,1H3. The van der Waals surface area contributed by atoms with Crippen molar-refractivity contribution in [3.63, 3.8) is 0 Å². The van der Waals surface area contributed by atoms with Crippen molar-refractivity contribution in [2.45, 2.75) is 51.6 Å². The molecule has 14 heavy (non-hydrogen) atoms. The molecule has 3 heteroatoms. The number of nitrogens with zero attached hydrogens (tertiary/aromatic N) is 2. The van der Waals surface area contributed by atoms with Gasteiger partial charge in [-0.1, -0.05) is 13.3 Å². The summed E-state index contributed by atoms with van der Waals surface area (Å²) in [6, 6.07) is 0. The summed E-state index contributed by atoms with van der Waals surface area (Å²) >= 11 is 0. The second-order valence-corrected chi connectivity index (χ2v) is 4.11. The summed E-state index contributed by atoms with van der Waals surface area (Å²) in [5, 5.41) is 4.42. The van der Waals surface area contributed by atoms with Crippen molar-refractivity contribution in [2.24, 2.45) is 5.73 Å². The van der Waals surface area contributed by atoms with Crippen LogP contribution in [0.5, 0.6) is 0 Å². The van der Waals surface area contributed by atoms with Gasteiger partial charge in [-0.15, -0.1) is 0 Å². The maximum atomic E-state index is 5.70. The predicted octanol–water partition coefficient (Wildman–Crippen LogP) is 2.02. The lowest BCUT2D eigenvalue weighted by Crippen LogP contribution is -2.06. The van der Waals surface area contributed by atoms with Crippen LogP contribution >= 0.6 is 0 Å². The minimum absolute atomic E-state index is 0.637. The van der Waals surface area contributed by atoms with E-state index in [9.17, 15) is 0 Å². The van der Waals surface area contributed by atoms with Gasteiger partial charge in [0.1, 0.15) is 0 Å². The molecule has 0 atom stereocenters. The SMILES string of the molecule is CCCCn1ncc(CN)c1C1CC1. The smallest absolute Gasteiger partial charge is 0.0537 e. The molecule has 1 aliphatic rings. The van der Waals surface area contributed by atoms with E-state index in [1.54, 1.807) is 0 Å². The molecule has 1 aromatic rings. The zero-order valence-corrected chi connectivity index (χ0v) is 8.87. The Hall–Kier alpha value is -0.830. The lowest BCUT2D eigenvalue weighted by Gasteiger charge is -2.07. The maximum absolute atomic E-state index is 5.70. The van der Waals surface area contributed by atoms with Crippen molar-refractivity contribution in [3.8, 4) is 0 Å². The van der Waals surface area contributed by atoms with Gasteiger partial charge < -0.3 is 5.73 Å². The first kappa shape index (κ1) is 9.71. The van der Waals surface area contributed by atoms with Crippen LogP contribution in [0.25, 0.3) is 0 Å². The van der Waals surface area contributed by atoms with E-state index in [4.69, 9.17) is 5.73 Å². The van der Waals surface area contributed by atoms with Crippen LogP contribution < -0.4 is 5.73 Å². The molecule has 2 N–H and O–H groups in total. The van der Waals surface area contributed by atoms with Crippen LogP contribution in [-0.4, -0.2) is 9.78 Å². The first-order valence-electron chi connectivity index (χ1n) is 5.61. The fourth-order valence-electron chi connectivity index (χ4n) is 1.91. The highest BCUT2D eigenvalue weighted by molar-refractivity contribution is 5.25. The molecular formula is C11H19N3. The average Bonchev–Trinajstić information content (AvgIpc) is 2.96. The average molecular weight is 193 g/mol. The Morgan fingerprint density at radius 3 is 2.93 bits per heavy atom. The summed E-state index contributed by atoms with van der Waals surface area (Å²) in [6.45, 7) is 3.91. The predicted molar refractivity (Wildman–Crippen MR) is 57.0 cm³/mol. The highest BCUT2D eigenvalue weighted by Crippen LogP contribution is 2.41. The molecule has 1 fully saturated rings. The molecule has 0 saturated heterocycles. The van der Waals surface area contributed by atoms with Crippen LogP contribution in [0.1, 0.15) is 49.8 Å². The van der Waals surface area contributed by atoms with Crippen molar-refractivity contribution in [3.05, 3.63) is 17.5 Å². The molecule has 3 nitrogen and oxygen atoms in total. The zero-order valence-electron chi connectivity index (χ0n) is 8.87. The molecule has 0 aromatic carbocycles. The molecule has 0 bridgehead atoms. The van der Waals surface area contributed by atoms with Gasteiger partial charge >= 0.3 is 0 Å². The lowest BCUT2D eigenvalue weighted by molar-refractivity contribution is 0.548. The zero-order chi connectivity index (χ0) is 9.97. The Bertz CT molecular complexity index is 299. The number of rotatable bonds is 5. The van der Waals surface area contributed by atoms with Crippen LogP contribution in [0.15, 0.2) is 6.20 Å². The van der Waals surface area contributed by atoms with Crippen molar-refractivity contribution in [2.75, 3.05) is 0 Å². The molecule has 1 aromatic heterocycles. The Labute approximate surface area is 85.3 Å². The van der Waals surface area contributed by atoms with E-state index in [0.717, 1.165) is 12.5 Å². The monoisotopic (exact) mass is 193 g/mol. The minimum Gasteiger partial charge on any atom is -0.326 e. The second-order valence-electron chi connectivity index (χ2n) is 4.11. The summed E-state index contributed by atoms with van der Waals surface area (Å²) in [5.41, 5.74) is 8.38. The highest BCUT2D eigenvalue weighted by atomic mass is 15.3. The lowest BCUT2D eigenvalue weighted by atomic mass is 10.2. The maximum Gasteiger partial charge on any atom is 0.0537 e. The first-order valence-corrected chi connectivity index (χ1v) is 5.61. The fourth-order valence-corrected chi connectivity index (χ4v) is 1.91. The van der Waals surface area contributed by atoms with Gasteiger partial charge in [-0.25, -0.2) is 0 Å². The molecule has 0 unspecified atom stereocenters. The Kier molecular flexibility index (Phi) is 2.87. The van der Waals surface area contributed by atoms with Crippen molar-refractivity contribution < 1.29 is 0 Å². The van der Waals surface area contributed by atoms with Crippen LogP contribution in [0, 0.1) is 0 Å². The van der Waals surface area contributed by atoms with Crippen molar-refractivity contribution in [1.82, 2.24) is 9.78 Å². The highest BCUT2D eigenvalue weighted by Gasteiger charge is 2.29. The Balaban J connectivity index is 2.16. The van der Waals surface area contributed by atoms with Crippen LogP contribution in [0.4, 0.5) is 0 Å². The summed E-state index contributed by atoms with van der Waals surface area (Å²) < 4.78 is 2.17. The summed E-state index contributed by atoms with van der Waals surface area (Å²) in [5.74, 6) is 0.757. The first-order chi connectivity index (χ1) is 6.86. The van der Waals surface area contributed by atoms with Crippen molar-refractivity contribution in [1.29, 1.82) is 0 Å². The second kappa shape index (κ2) is 4.13. The van der Waals surface area contributed by atoms with Crippen LogP contribution in [0.3, 0.4) is 0 Å². The Morgan fingerprint density at radius 2 is 2.36 bits per heavy atom. The minimum atomic E-state index is 0.637. The molecule has 1 heterocycles. The van der Waals surface area contributed by atoms with E-state index in [1.807, 2.05) is 6.20 Å². The molecular weight excluding hydrogens is 174 g/mol. The van der Waals surface area contributed by atoms with Gasteiger partial charge in [0.2, 0.25) is 0 Å². The number of unbranched alkanes of at least 4 members (excludes halogenated alkanes) is 1. The van der Waals surface area contributed by atoms with Gasteiger partial charge in [0.25, 0.3) is 0 Å². The molecule has 0 spiro atoms. The number of nitrogens with two attached hydrogens (primary N) is 1. The number of aromatic nitrogens is 2. The largest absolute Gasteiger partial charge is 0.326 e. The van der Waals surface area contributed by atoms with E-state index in [1.165, 1.54) is 36.9 Å². The van der Waals surface area contributed by atoms with Gasteiger partial charge in [-0.2, -0.15) is 5.10 Å². The van der Waals surface area contributed by atoms with E-state index in [2.05, 4.69) is 16.7 Å². The molecule has 1 aliphatic carbocycles. The van der Waals surface area contributed by atoms with E-state index >= 15 is 0 Å². The third-order valence-electron chi connectivity index (χ3n) is 2.87. The quantitative estimate of drug-likeness (QED) is 0.777. The summed E-state index contributed by atoms with van der Waals surface area (Å²) in [4.78, 5) is 0. The third kappa shape index (κ3) is 1.82. The van der Waals surface area contributed by atoms with Gasteiger partial charge in [0.05, 0.1) is 6.20 Å². The molecule has 2 rings (SSSR count). The fraction of sp³-hybridized carbons (Fsp3) is 0.727. The Morgan fingerprint density at radius 1 is 1.57 bits per heavy atom. The number of hydrogen-bond acceptors (Lipinski definition) is 2. The van der Waals surface area contributed by atoms with Crippen LogP contribution in [0.2, 0.25) is 0 Å².